The topological polar surface area (TPSA) is 164 Å². The van der Waals surface area contributed by atoms with Crippen LogP contribution in [0.2, 0.25) is 0 Å². The fourth-order valence-electron chi connectivity index (χ4n) is 5.07. The summed E-state index contributed by atoms with van der Waals surface area (Å²) in [5.74, 6) is -2.11. The maximum atomic E-state index is 12.5. The highest BCUT2D eigenvalue weighted by Gasteiger charge is 2.33. The van der Waals surface area contributed by atoms with Gasteiger partial charge >= 0.3 is 36.2 Å². The van der Waals surface area contributed by atoms with Crippen molar-refractivity contribution in [3.05, 3.63) is 131 Å². The van der Waals surface area contributed by atoms with Crippen molar-refractivity contribution in [3.8, 4) is 23.0 Å². The van der Waals surface area contributed by atoms with Crippen molar-refractivity contribution in [2.45, 2.75) is 38.0 Å². The first-order valence-corrected chi connectivity index (χ1v) is 19.1. The molecule has 0 amide bonds. The van der Waals surface area contributed by atoms with Gasteiger partial charge in [-0.05, 0) is 109 Å². The van der Waals surface area contributed by atoms with Crippen molar-refractivity contribution in [2.75, 3.05) is 39.6 Å². The standard InChI is InChI=1S/C45H42F6O12/c46-44(47,48)23-1-25-58-35-17-9-33(10-18-35)41(56)62-37-13-3-31(4-14-37)7-21-39(54)60-29-43(27-52,28-53)30-61-40(55)22-8-32-5-15-38(16-6-32)63-42(57)34-11-19-36(20-12-34)59-26-2-24-45(49,50)51/h3-22,52-53H,1-2,23-30H2/b21-7+,22-8+. The lowest BCUT2D eigenvalue weighted by Crippen LogP contribution is -2.40. The van der Waals surface area contributed by atoms with Gasteiger partial charge in [-0.15, -0.1) is 0 Å². The molecule has 0 saturated heterocycles. The predicted octanol–water partition coefficient (Wildman–Crippen LogP) is 8.35. The highest BCUT2D eigenvalue weighted by atomic mass is 19.4. The van der Waals surface area contributed by atoms with E-state index in [1.165, 1.54) is 84.9 Å². The number of benzene rings is 4. The lowest BCUT2D eigenvalue weighted by atomic mass is 9.92. The van der Waals surface area contributed by atoms with Gasteiger partial charge in [-0.3, -0.25) is 0 Å². The Morgan fingerprint density at radius 2 is 0.825 bits per heavy atom. The van der Waals surface area contributed by atoms with E-state index in [-0.39, 0.29) is 48.7 Å². The molecule has 4 aromatic rings. The van der Waals surface area contributed by atoms with Crippen LogP contribution in [0, 0.1) is 5.41 Å². The molecule has 0 radical (unpaired) electrons. The molecule has 12 nitrogen and oxygen atoms in total. The van der Waals surface area contributed by atoms with E-state index in [0.29, 0.717) is 22.6 Å². The second kappa shape index (κ2) is 23.5. The molecule has 63 heavy (non-hydrogen) atoms. The predicted molar refractivity (Wildman–Crippen MR) is 214 cm³/mol. The average Bonchev–Trinajstić information content (AvgIpc) is 3.26. The Bertz CT molecular complexity index is 1990. The monoisotopic (exact) mass is 888 g/mol. The molecule has 4 aromatic carbocycles. The summed E-state index contributed by atoms with van der Waals surface area (Å²) in [5.41, 5.74) is -0.148. The number of esters is 4. The van der Waals surface area contributed by atoms with Gasteiger partial charge in [-0.1, -0.05) is 24.3 Å². The number of aliphatic hydroxyl groups is 2. The molecule has 0 fully saturated rings. The van der Waals surface area contributed by atoms with E-state index < -0.39 is 80.9 Å². The molecule has 0 saturated carbocycles. The summed E-state index contributed by atoms with van der Waals surface area (Å²) in [6.45, 7) is -2.70. The van der Waals surface area contributed by atoms with Crippen LogP contribution in [0.5, 0.6) is 23.0 Å². The molecule has 0 aromatic heterocycles. The van der Waals surface area contributed by atoms with Gasteiger partial charge in [0.15, 0.2) is 0 Å². The summed E-state index contributed by atoms with van der Waals surface area (Å²) in [6.07, 6.45) is -5.91. The lowest BCUT2D eigenvalue weighted by Gasteiger charge is -2.28. The molecule has 2 N–H and O–H groups in total. The first-order valence-electron chi connectivity index (χ1n) is 19.1. The van der Waals surface area contributed by atoms with E-state index in [1.807, 2.05) is 0 Å². The van der Waals surface area contributed by atoms with Crippen LogP contribution in [0.3, 0.4) is 0 Å². The van der Waals surface area contributed by atoms with Crippen LogP contribution >= 0.6 is 0 Å². The molecule has 0 aliphatic heterocycles. The van der Waals surface area contributed by atoms with Crippen molar-refractivity contribution in [1.29, 1.82) is 0 Å². The molecule has 0 aliphatic rings. The largest absolute Gasteiger partial charge is 0.494 e. The van der Waals surface area contributed by atoms with Crippen molar-refractivity contribution < 1.29 is 84.2 Å². The molecular formula is C45H42F6O12. The number of rotatable bonds is 22. The lowest BCUT2D eigenvalue weighted by molar-refractivity contribution is -0.153. The number of carbonyl (C=O) groups is 4. The highest BCUT2D eigenvalue weighted by molar-refractivity contribution is 5.92. The maximum absolute atomic E-state index is 12.5. The Balaban J connectivity index is 1.17. The Labute approximate surface area is 357 Å². The molecule has 0 aliphatic carbocycles. The van der Waals surface area contributed by atoms with Crippen LogP contribution in [0.4, 0.5) is 26.3 Å². The average molecular weight is 889 g/mol. The zero-order chi connectivity index (χ0) is 45.9. The van der Waals surface area contributed by atoms with Crippen LogP contribution < -0.4 is 18.9 Å². The Kier molecular flexibility index (Phi) is 18.3. The van der Waals surface area contributed by atoms with Crippen molar-refractivity contribution in [2.24, 2.45) is 5.41 Å². The number of carbonyl (C=O) groups excluding carboxylic acids is 4. The quantitative estimate of drug-likeness (QED) is 0.0255. The third kappa shape index (κ3) is 18.1. The van der Waals surface area contributed by atoms with Crippen LogP contribution in [0.25, 0.3) is 12.2 Å². The molecule has 0 spiro atoms. The number of hydrogen-bond acceptors (Lipinski definition) is 12. The number of hydrogen-bond donors (Lipinski definition) is 2. The van der Waals surface area contributed by atoms with E-state index in [4.69, 9.17) is 28.4 Å². The zero-order valence-electron chi connectivity index (χ0n) is 33.4. The highest BCUT2D eigenvalue weighted by Crippen LogP contribution is 2.24. The van der Waals surface area contributed by atoms with Gasteiger partial charge in [0.25, 0.3) is 0 Å². The summed E-state index contributed by atoms with van der Waals surface area (Å²) in [7, 11) is 0. The zero-order valence-corrected chi connectivity index (χ0v) is 33.4. The van der Waals surface area contributed by atoms with E-state index in [0.717, 1.165) is 12.2 Å². The minimum absolute atomic E-state index is 0.137. The molecule has 0 unspecified atom stereocenters. The van der Waals surface area contributed by atoms with Gasteiger partial charge in [-0.25, -0.2) is 19.2 Å². The summed E-state index contributed by atoms with van der Waals surface area (Å²) < 4.78 is 105. The first-order chi connectivity index (χ1) is 29.9. The first kappa shape index (κ1) is 49.0. The third-order valence-corrected chi connectivity index (χ3v) is 8.64. The van der Waals surface area contributed by atoms with Gasteiger partial charge in [0.2, 0.25) is 0 Å². The molecule has 4 rings (SSSR count). The van der Waals surface area contributed by atoms with Crippen LogP contribution in [-0.4, -0.2) is 86.1 Å². The van der Waals surface area contributed by atoms with E-state index >= 15 is 0 Å². The van der Waals surface area contributed by atoms with E-state index in [9.17, 15) is 55.7 Å². The van der Waals surface area contributed by atoms with E-state index in [1.54, 1.807) is 24.3 Å². The fourth-order valence-corrected chi connectivity index (χ4v) is 5.07. The summed E-state index contributed by atoms with van der Waals surface area (Å²) in [5, 5.41) is 19.9. The second-order valence-corrected chi connectivity index (χ2v) is 13.8. The van der Waals surface area contributed by atoms with Crippen LogP contribution in [-0.2, 0) is 19.1 Å². The number of ether oxygens (including phenoxy) is 6. The Hall–Kier alpha value is -6.66. The van der Waals surface area contributed by atoms with Gasteiger partial charge in [0, 0.05) is 25.0 Å². The van der Waals surface area contributed by atoms with Gasteiger partial charge < -0.3 is 38.6 Å². The number of halogens is 6. The van der Waals surface area contributed by atoms with Gasteiger partial charge in [0.05, 0.1) is 43.0 Å². The van der Waals surface area contributed by atoms with E-state index in [2.05, 4.69) is 0 Å². The smallest absolute Gasteiger partial charge is 0.389 e. The maximum Gasteiger partial charge on any atom is 0.389 e. The summed E-state index contributed by atoms with van der Waals surface area (Å²) in [4.78, 5) is 50.0. The van der Waals surface area contributed by atoms with Crippen molar-refractivity contribution in [3.63, 3.8) is 0 Å². The molecule has 18 heteroatoms. The molecular weight excluding hydrogens is 846 g/mol. The van der Waals surface area contributed by atoms with Crippen molar-refractivity contribution >= 4 is 36.0 Å². The van der Waals surface area contributed by atoms with Crippen LogP contribution in [0.1, 0.15) is 57.5 Å². The molecule has 0 heterocycles. The number of aliphatic hydroxyl groups excluding tert-OH is 2. The van der Waals surface area contributed by atoms with Gasteiger partial charge in [-0.2, -0.15) is 26.3 Å². The fraction of sp³-hybridized carbons (Fsp3) is 0.289. The van der Waals surface area contributed by atoms with Crippen molar-refractivity contribution in [1.82, 2.24) is 0 Å². The minimum atomic E-state index is -4.27. The molecule has 336 valence electrons. The SMILES string of the molecule is O=C(/C=C/c1ccc(OC(=O)c2ccc(OCCCC(F)(F)F)cc2)cc1)OCC(CO)(CO)COC(=O)/C=C/c1ccc(OC(=O)c2ccc(OCCCC(F)(F)F)cc2)cc1. The normalized spacial score (nSPS) is 11.9. The molecule has 0 atom stereocenters. The summed E-state index contributed by atoms with van der Waals surface area (Å²) >= 11 is 0. The second-order valence-electron chi connectivity index (χ2n) is 13.8. The minimum Gasteiger partial charge on any atom is -0.494 e. The van der Waals surface area contributed by atoms with Crippen LogP contribution in [0.15, 0.2) is 109 Å². The van der Waals surface area contributed by atoms with Gasteiger partial charge in [0.1, 0.15) is 36.2 Å². The number of alkyl halides is 6. The molecule has 0 bridgehead atoms. The summed E-state index contributed by atoms with van der Waals surface area (Å²) in [6, 6.07) is 23.5. The Morgan fingerprint density at radius 1 is 0.492 bits per heavy atom. The third-order valence-electron chi connectivity index (χ3n) is 8.64. The Morgan fingerprint density at radius 3 is 1.14 bits per heavy atom.